The normalized spacial score (nSPS) is 10.9. The Kier molecular flexibility index (Phi) is 6.84. The van der Waals surface area contributed by atoms with Gasteiger partial charge in [-0.25, -0.2) is 4.98 Å². The molecule has 2 heterocycles. The van der Waals surface area contributed by atoms with Gasteiger partial charge in [0.25, 0.3) is 0 Å². The molecule has 0 aliphatic carbocycles. The highest BCUT2D eigenvalue weighted by atomic mass is 32.2. The van der Waals surface area contributed by atoms with Crippen LogP contribution in [-0.2, 0) is 4.79 Å². The molecule has 5 aromatic rings. The van der Waals surface area contributed by atoms with Crippen LogP contribution in [-0.4, -0.2) is 36.5 Å². The van der Waals surface area contributed by atoms with E-state index in [4.69, 9.17) is 0 Å². The number of nitrogens with one attached hydrogen (secondary N) is 1. The molecule has 180 valence electrons. The predicted molar refractivity (Wildman–Crippen MR) is 145 cm³/mol. The Balaban J connectivity index is 1.38. The first kappa shape index (κ1) is 23.8. The number of aryl methyl sites for hydroxylation is 2. The number of aromatic hydroxyl groups is 1. The Labute approximate surface area is 216 Å². The van der Waals surface area contributed by atoms with Gasteiger partial charge < -0.3 is 10.4 Å². The SMILES string of the molecule is Cc1ccc(-n2c(SCC(=O)Nc3nc(-c4ccccc4)cs3)nnc2-c2ccccc2O)c(C)c1. The molecule has 7 nitrogen and oxygen atoms in total. The second-order valence-electron chi connectivity index (χ2n) is 8.19. The summed E-state index contributed by atoms with van der Waals surface area (Å²) in [5.41, 5.74) is 5.46. The quantitative estimate of drug-likeness (QED) is 0.255. The highest BCUT2D eigenvalue weighted by Gasteiger charge is 2.20. The fourth-order valence-corrected chi connectivity index (χ4v) is 5.31. The molecule has 0 fully saturated rings. The molecule has 0 aliphatic rings. The van der Waals surface area contributed by atoms with Crippen molar-refractivity contribution in [3.8, 4) is 34.1 Å². The van der Waals surface area contributed by atoms with Crippen LogP contribution in [0.25, 0.3) is 28.3 Å². The van der Waals surface area contributed by atoms with Gasteiger partial charge in [0, 0.05) is 10.9 Å². The van der Waals surface area contributed by atoms with Crippen LogP contribution in [0.1, 0.15) is 11.1 Å². The number of phenols is 1. The zero-order valence-electron chi connectivity index (χ0n) is 19.7. The summed E-state index contributed by atoms with van der Waals surface area (Å²) in [6.07, 6.45) is 0. The molecule has 1 amide bonds. The van der Waals surface area contributed by atoms with Crippen LogP contribution < -0.4 is 5.32 Å². The van der Waals surface area contributed by atoms with Crippen molar-refractivity contribution >= 4 is 34.1 Å². The number of aromatic nitrogens is 4. The van der Waals surface area contributed by atoms with Crippen LogP contribution >= 0.6 is 23.1 Å². The van der Waals surface area contributed by atoms with Crippen molar-refractivity contribution in [1.82, 2.24) is 19.7 Å². The number of hydrogen-bond acceptors (Lipinski definition) is 7. The number of thiazole rings is 1. The average molecular weight is 514 g/mol. The van der Waals surface area contributed by atoms with Crippen molar-refractivity contribution in [2.24, 2.45) is 0 Å². The van der Waals surface area contributed by atoms with Crippen LogP contribution in [0.5, 0.6) is 5.75 Å². The number of nitrogens with zero attached hydrogens (tertiary/aromatic N) is 4. The lowest BCUT2D eigenvalue weighted by Gasteiger charge is -2.14. The van der Waals surface area contributed by atoms with Crippen molar-refractivity contribution in [2.75, 3.05) is 11.1 Å². The summed E-state index contributed by atoms with van der Waals surface area (Å²) in [5.74, 6) is 0.566. The van der Waals surface area contributed by atoms with E-state index in [9.17, 15) is 9.90 Å². The lowest BCUT2D eigenvalue weighted by Crippen LogP contribution is -2.14. The van der Waals surface area contributed by atoms with Gasteiger partial charge in [0.1, 0.15) is 5.75 Å². The number of rotatable bonds is 7. The molecule has 0 saturated heterocycles. The topological polar surface area (TPSA) is 92.9 Å². The monoisotopic (exact) mass is 513 g/mol. The van der Waals surface area contributed by atoms with Gasteiger partial charge in [-0.1, -0.05) is 71.9 Å². The number of anilines is 1. The lowest BCUT2D eigenvalue weighted by molar-refractivity contribution is -0.113. The van der Waals surface area contributed by atoms with Crippen molar-refractivity contribution in [3.05, 3.63) is 89.3 Å². The summed E-state index contributed by atoms with van der Waals surface area (Å²) in [4.78, 5) is 17.3. The van der Waals surface area contributed by atoms with E-state index < -0.39 is 0 Å². The Morgan fingerprint density at radius 3 is 2.58 bits per heavy atom. The second kappa shape index (κ2) is 10.3. The van der Waals surface area contributed by atoms with Crippen LogP contribution in [0.15, 0.2) is 83.3 Å². The zero-order chi connectivity index (χ0) is 25.1. The van der Waals surface area contributed by atoms with Crippen molar-refractivity contribution in [2.45, 2.75) is 19.0 Å². The van der Waals surface area contributed by atoms with E-state index in [0.29, 0.717) is 21.7 Å². The van der Waals surface area contributed by atoms with Crippen LogP contribution in [0, 0.1) is 13.8 Å². The van der Waals surface area contributed by atoms with Gasteiger partial charge in [0.2, 0.25) is 5.91 Å². The summed E-state index contributed by atoms with van der Waals surface area (Å²) in [6, 6.07) is 23.0. The molecule has 0 bridgehead atoms. The molecular weight excluding hydrogens is 490 g/mol. The highest BCUT2D eigenvalue weighted by Crippen LogP contribution is 2.34. The molecular formula is C27H23N5O2S2. The molecule has 0 unspecified atom stereocenters. The molecule has 2 aromatic heterocycles. The predicted octanol–water partition coefficient (Wildman–Crippen LogP) is 6.11. The van der Waals surface area contributed by atoms with E-state index >= 15 is 0 Å². The molecule has 2 N–H and O–H groups in total. The van der Waals surface area contributed by atoms with E-state index in [2.05, 4.69) is 26.6 Å². The minimum atomic E-state index is -0.187. The smallest absolute Gasteiger partial charge is 0.236 e. The minimum Gasteiger partial charge on any atom is -0.507 e. The summed E-state index contributed by atoms with van der Waals surface area (Å²) >= 11 is 2.67. The fourth-order valence-electron chi connectivity index (χ4n) is 3.83. The van der Waals surface area contributed by atoms with Gasteiger partial charge in [-0.15, -0.1) is 21.5 Å². The van der Waals surface area contributed by atoms with Crippen LogP contribution in [0.3, 0.4) is 0 Å². The number of amides is 1. The highest BCUT2D eigenvalue weighted by molar-refractivity contribution is 7.99. The van der Waals surface area contributed by atoms with E-state index in [1.165, 1.54) is 23.1 Å². The summed E-state index contributed by atoms with van der Waals surface area (Å²) in [7, 11) is 0. The Hall–Kier alpha value is -3.95. The van der Waals surface area contributed by atoms with Gasteiger partial charge in [0.15, 0.2) is 16.1 Å². The first-order chi connectivity index (χ1) is 17.5. The molecule has 0 spiro atoms. The summed E-state index contributed by atoms with van der Waals surface area (Å²) in [5, 5.41) is 25.1. The largest absolute Gasteiger partial charge is 0.507 e. The fraction of sp³-hybridized carbons (Fsp3) is 0.111. The van der Waals surface area contributed by atoms with E-state index in [1.807, 2.05) is 72.3 Å². The molecule has 5 rings (SSSR count). The standard InChI is InChI=1S/C27H23N5O2S2/c1-17-12-13-22(18(2)14-17)32-25(20-10-6-7-11-23(20)33)30-31-27(32)36-16-24(34)29-26-28-21(15-35-26)19-8-4-3-5-9-19/h3-15,33H,16H2,1-2H3,(H,28,29,34). The summed E-state index contributed by atoms with van der Waals surface area (Å²) in [6.45, 7) is 4.06. The molecule has 0 aliphatic heterocycles. The maximum atomic E-state index is 12.8. The van der Waals surface area contributed by atoms with Gasteiger partial charge >= 0.3 is 0 Å². The number of carbonyl (C=O) groups excluding carboxylic acids is 1. The molecule has 36 heavy (non-hydrogen) atoms. The second-order valence-corrected chi connectivity index (χ2v) is 9.99. The number of carbonyl (C=O) groups is 1. The zero-order valence-corrected chi connectivity index (χ0v) is 21.3. The third kappa shape index (κ3) is 5.02. The number of para-hydroxylation sites is 1. The lowest BCUT2D eigenvalue weighted by atomic mass is 10.1. The maximum Gasteiger partial charge on any atom is 0.236 e. The minimum absolute atomic E-state index is 0.114. The number of hydrogen-bond donors (Lipinski definition) is 2. The summed E-state index contributed by atoms with van der Waals surface area (Å²) < 4.78 is 1.89. The number of phenolic OH excluding ortho intramolecular Hbond substituents is 1. The van der Waals surface area contributed by atoms with Gasteiger partial charge in [-0.2, -0.15) is 0 Å². The Morgan fingerprint density at radius 2 is 1.81 bits per heavy atom. The molecule has 9 heteroatoms. The number of benzene rings is 3. The van der Waals surface area contributed by atoms with Crippen LogP contribution in [0.4, 0.5) is 5.13 Å². The van der Waals surface area contributed by atoms with Crippen LogP contribution in [0.2, 0.25) is 0 Å². The maximum absolute atomic E-state index is 12.8. The first-order valence-corrected chi connectivity index (χ1v) is 13.1. The van der Waals surface area contributed by atoms with Crippen molar-refractivity contribution in [1.29, 1.82) is 0 Å². The van der Waals surface area contributed by atoms with E-state index in [0.717, 1.165) is 28.1 Å². The van der Waals surface area contributed by atoms with E-state index in [-0.39, 0.29) is 17.4 Å². The molecule has 0 atom stereocenters. The van der Waals surface area contributed by atoms with Crippen molar-refractivity contribution in [3.63, 3.8) is 0 Å². The molecule has 3 aromatic carbocycles. The first-order valence-electron chi connectivity index (χ1n) is 11.2. The third-order valence-corrected chi connectivity index (χ3v) is 7.21. The van der Waals surface area contributed by atoms with Gasteiger partial charge in [-0.05, 0) is 37.6 Å². The number of thioether (sulfide) groups is 1. The Morgan fingerprint density at radius 1 is 1.03 bits per heavy atom. The molecule has 0 radical (unpaired) electrons. The average Bonchev–Trinajstić information content (AvgIpc) is 3.51. The van der Waals surface area contributed by atoms with Crippen molar-refractivity contribution < 1.29 is 9.90 Å². The third-order valence-electron chi connectivity index (χ3n) is 5.52. The van der Waals surface area contributed by atoms with Gasteiger partial charge in [-0.3, -0.25) is 9.36 Å². The van der Waals surface area contributed by atoms with E-state index in [1.54, 1.807) is 18.2 Å². The molecule has 0 saturated carbocycles. The van der Waals surface area contributed by atoms with Gasteiger partial charge in [0.05, 0.1) is 22.7 Å². The Bertz CT molecular complexity index is 1530.